The van der Waals surface area contributed by atoms with Crippen molar-refractivity contribution in [2.24, 2.45) is 5.92 Å². The largest absolute Gasteiger partial charge is 0.416 e. The molecule has 3 atom stereocenters. The van der Waals surface area contributed by atoms with E-state index in [1.165, 1.54) is 4.57 Å². The van der Waals surface area contributed by atoms with Crippen molar-refractivity contribution < 1.29 is 13.6 Å². The Morgan fingerprint density at radius 2 is 1.58 bits per heavy atom. The molecule has 0 radical (unpaired) electrons. The van der Waals surface area contributed by atoms with Crippen LogP contribution in [0.1, 0.15) is 54.2 Å². The van der Waals surface area contributed by atoms with Crippen molar-refractivity contribution in [2.75, 3.05) is 18.9 Å². The van der Waals surface area contributed by atoms with Crippen LogP contribution in [0.2, 0.25) is 36.3 Å². The molecule has 7 nitrogen and oxygen atoms in total. The van der Waals surface area contributed by atoms with Crippen molar-refractivity contribution in [3.05, 3.63) is 22.7 Å². The van der Waals surface area contributed by atoms with E-state index in [9.17, 15) is 4.79 Å². The third kappa shape index (κ3) is 6.28. The zero-order valence-corrected chi connectivity index (χ0v) is 23.1. The molecule has 0 amide bonds. The summed E-state index contributed by atoms with van der Waals surface area (Å²) in [4.78, 5) is 16.2. The molecule has 2 N–H and O–H groups in total. The van der Waals surface area contributed by atoms with Gasteiger partial charge in [-0.3, -0.25) is 4.57 Å². The van der Waals surface area contributed by atoms with Crippen molar-refractivity contribution in [1.82, 2.24) is 9.55 Å². The van der Waals surface area contributed by atoms with Gasteiger partial charge in [0, 0.05) is 25.1 Å². The summed E-state index contributed by atoms with van der Waals surface area (Å²) in [6.45, 7) is 23.5. The number of hydrogen-bond acceptors (Lipinski definition) is 6. The number of ether oxygens (including phenoxy) is 1. The van der Waals surface area contributed by atoms with E-state index in [-0.39, 0.29) is 39.8 Å². The van der Waals surface area contributed by atoms with Gasteiger partial charge < -0.3 is 19.3 Å². The SMILES string of the molecule is CC(C)(C)[Si](C)(C)OC[C@H]1C[C@@H](n2ccc(N)nc2=O)O[C@@H]1CO[Si](C)(C)C(C)(C)C. The molecule has 1 aromatic rings. The highest BCUT2D eigenvalue weighted by molar-refractivity contribution is 6.74. The van der Waals surface area contributed by atoms with Crippen molar-refractivity contribution in [1.29, 1.82) is 0 Å². The van der Waals surface area contributed by atoms with Crippen LogP contribution in [0.5, 0.6) is 0 Å². The quantitative estimate of drug-likeness (QED) is 0.579. The molecule has 0 spiro atoms. The molecule has 0 saturated carbocycles. The van der Waals surface area contributed by atoms with E-state index in [1.54, 1.807) is 12.3 Å². The third-order valence-electron chi connectivity index (χ3n) is 7.40. The van der Waals surface area contributed by atoms with Crippen LogP contribution in [0, 0.1) is 5.92 Å². The second-order valence-electron chi connectivity index (χ2n) is 11.8. The highest BCUT2D eigenvalue weighted by Gasteiger charge is 2.43. The number of rotatable bonds is 7. The fourth-order valence-electron chi connectivity index (χ4n) is 2.99. The molecule has 1 aromatic heterocycles. The van der Waals surface area contributed by atoms with Crippen LogP contribution in [0.4, 0.5) is 5.82 Å². The van der Waals surface area contributed by atoms with Crippen LogP contribution >= 0.6 is 0 Å². The molecule has 0 aromatic carbocycles. The molecule has 0 aliphatic carbocycles. The smallest absolute Gasteiger partial charge is 0.351 e. The Kier molecular flexibility index (Phi) is 7.70. The first-order valence-corrected chi connectivity index (χ1v) is 17.0. The summed E-state index contributed by atoms with van der Waals surface area (Å²) in [6, 6.07) is 1.63. The van der Waals surface area contributed by atoms with Gasteiger partial charge in [0.15, 0.2) is 16.6 Å². The van der Waals surface area contributed by atoms with Crippen molar-refractivity contribution in [3.8, 4) is 0 Å². The van der Waals surface area contributed by atoms with Gasteiger partial charge in [-0.2, -0.15) is 4.98 Å². The van der Waals surface area contributed by atoms with Gasteiger partial charge in [-0.05, 0) is 42.3 Å². The zero-order chi connectivity index (χ0) is 23.8. The first-order chi connectivity index (χ1) is 13.9. The predicted molar refractivity (Wildman–Crippen MR) is 131 cm³/mol. The third-order valence-corrected chi connectivity index (χ3v) is 16.4. The molecule has 1 aliphatic rings. The summed E-state index contributed by atoms with van der Waals surface area (Å²) in [5, 5.41) is 0.257. The lowest BCUT2D eigenvalue weighted by Crippen LogP contribution is -2.45. The number of hydrogen-bond donors (Lipinski definition) is 1. The minimum absolute atomic E-state index is 0.121. The lowest BCUT2D eigenvalue weighted by molar-refractivity contribution is -0.0334. The topological polar surface area (TPSA) is 88.6 Å². The average molecular weight is 470 g/mol. The molecule has 1 fully saturated rings. The maximum atomic E-state index is 12.4. The highest BCUT2D eigenvalue weighted by atomic mass is 28.4. The van der Waals surface area contributed by atoms with Gasteiger partial charge in [-0.25, -0.2) is 4.79 Å². The molecule has 178 valence electrons. The van der Waals surface area contributed by atoms with Gasteiger partial charge >= 0.3 is 5.69 Å². The fourth-order valence-corrected chi connectivity index (χ4v) is 5.07. The first-order valence-electron chi connectivity index (χ1n) is 11.2. The van der Waals surface area contributed by atoms with E-state index in [0.717, 1.165) is 0 Å². The van der Waals surface area contributed by atoms with E-state index in [4.69, 9.17) is 19.3 Å². The standard InChI is InChI=1S/C22H43N3O4Si2/c1-21(2,3)30(7,8)27-14-16-13-19(25-12-11-18(23)24-20(25)26)29-17(16)15-28-31(9,10)22(4,5)6/h11-12,16-17,19H,13-15H2,1-10H3,(H2,23,24,26)/t16-,17-,19+/m1/s1. The highest BCUT2D eigenvalue weighted by Crippen LogP contribution is 2.41. The molecule has 9 heteroatoms. The average Bonchev–Trinajstić information content (AvgIpc) is 2.99. The number of nitrogens with zero attached hydrogens (tertiary/aromatic N) is 2. The van der Waals surface area contributed by atoms with Crippen LogP contribution in [-0.4, -0.2) is 45.5 Å². The molecule has 1 aliphatic heterocycles. The van der Waals surface area contributed by atoms with E-state index in [0.29, 0.717) is 19.6 Å². The van der Waals surface area contributed by atoms with Crippen LogP contribution in [0.3, 0.4) is 0 Å². The van der Waals surface area contributed by atoms with E-state index in [1.807, 2.05) is 0 Å². The Balaban J connectivity index is 2.20. The van der Waals surface area contributed by atoms with Gasteiger partial charge in [0.05, 0.1) is 12.7 Å². The minimum Gasteiger partial charge on any atom is -0.416 e. The van der Waals surface area contributed by atoms with Gasteiger partial charge in [0.25, 0.3) is 0 Å². The van der Waals surface area contributed by atoms with Crippen molar-refractivity contribution in [2.45, 2.75) is 96.6 Å². The normalized spacial score (nSPS) is 23.4. The van der Waals surface area contributed by atoms with Crippen LogP contribution < -0.4 is 11.4 Å². The van der Waals surface area contributed by atoms with Gasteiger partial charge in [-0.15, -0.1) is 0 Å². The number of nitrogens with two attached hydrogens (primary N) is 1. The van der Waals surface area contributed by atoms with Gasteiger partial charge in [0.2, 0.25) is 0 Å². The molecule has 2 heterocycles. The maximum Gasteiger partial charge on any atom is 0.351 e. The minimum atomic E-state index is -1.92. The Morgan fingerprint density at radius 3 is 2.06 bits per heavy atom. The first kappa shape index (κ1) is 26.2. The number of anilines is 1. The van der Waals surface area contributed by atoms with Crippen molar-refractivity contribution in [3.63, 3.8) is 0 Å². The van der Waals surface area contributed by atoms with Crippen LogP contribution in [0.25, 0.3) is 0 Å². The van der Waals surface area contributed by atoms with Crippen molar-refractivity contribution >= 4 is 22.5 Å². The molecular formula is C22H43N3O4Si2. The summed E-state index contributed by atoms with van der Waals surface area (Å²) in [7, 11) is -3.82. The summed E-state index contributed by atoms with van der Waals surface area (Å²) in [5.74, 6) is 0.364. The molecule has 2 rings (SSSR count). The van der Waals surface area contributed by atoms with E-state index in [2.05, 4.69) is 72.7 Å². The number of nitrogen functional groups attached to an aromatic ring is 1. The number of aromatic nitrogens is 2. The molecule has 0 bridgehead atoms. The second-order valence-corrected chi connectivity index (χ2v) is 21.4. The van der Waals surface area contributed by atoms with E-state index < -0.39 is 16.6 Å². The van der Waals surface area contributed by atoms with Crippen LogP contribution in [-0.2, 0) is 13.6 Å². The fraction of sp³-hybridized carbons (Fsp3) is 0.818. The Hall–Kier alpha value is -1.01. The Labute approximate surface area is 189 Å². The molecule has 31 heavy (non-hydrogen) atoms. The monoisotopic (exact) mass is 469 g/mol. The van der Waals surface area contributed by atoms with E-state index >= 15 is 0 Å². The van der Waals surface area contributed by atoms with Gasteiger partial charge in [0.1, 0.15) is 12.0 Å². The summed E-state index contributed by atoms with van der Waals surface area (Å²) >= 11 is 0. The zero-order valence-electron chi connectivity index (χ0n) is 21.1. The van der Waals surface area contributed by atoms with Crippen LogP contribution in [0.15, 0.2) is 17.1 Å². The maximum absolute atomic E-state index is 12.4. The summed E-state index contributed by atoms with van der Waals surface area (Å²) in [5.41, 5.74) is 5.27. The lowest BCUT2D eigenvalue weighted by atomic mass is 10.0. The lowest BCUT2D eigenvalue weighted by Gasteiger charge is -2.38. The molecule has 0 unspecified atom stereocenters. The Bertz CT molecular complexity index is 774. The molecule has 1 saturated heterocycles. The Morgan fingerprint density at radius 1 is 1.06 bits per heavy atom. The predicted octanol–water partition coefficient (Wildman–Crippen LogP) is 4.77. The van der Waals surface area contributed by atoms with Gasteiger partial charge in [-0.1, -0.05) is 41.5 Å². The summed E-state index contributed by atoms with van der Waals surface area (Å²) < 4.78 is 20.9. The second kappa shape index (κ2) is 9.09. The molecular weight excluding hydrogens is 426 g/mol. The summed E-state index contributed by atoms with van der Waals surface area (Å²) in [6.07, 6.45) is 1.83.